The molecule has 0 heterocycles. The summed E-state index contributed by atoms with van der Waals surface area (Å²) in [5.41, 5.74) is 12.3. The first-order chi connectivity index (χ1) is 7.68. The Morgan fingerprint density at radius 3 is 2.35 bits per heavy atom. The van der Waals surface area contributed by atoms with Gasteiger partial charge in [-0.15, -0.1) is 0 Å². The van der Waals surface area contributed by atoms with Gasteiger partial charge in [0.2, 0.25) is 0 Å². The second-order valence-corrected chi connectivity index (χ2v) is 6.93. The zero-order chi connectivity index (χ0) is 13.3. The third-order valence-electron chi connectivity index (χ3n) is 2.96. The molecule has 0 saturated heterocycles. The fourth-order valence-corrected chi connectivity index (χ4v) is 2.62. The van der Waals surface area contributed by atoms with Gasteiger partial charge in [0.05, 0.1) is 10.6 Å². The van der Waals surface area contributed by atoms with Crippen molar-refractivity contribution in [3.8, 4) is 0 Å². The van der Waals surface area contributed by atoms with E-state index in [1.807, 2.05) is 19.9 Å². The van der Waals surface area contributed by atoms with E-state index in [9.17, 15) is 8.42 Å². The molecule has 96 valence electrons. The van der Waals surface area contributed by atoms with Crippen molar-refractivity contribution in [2.45, 2.75) is 30.6 Å². The zero-order valence-electron chi connectivity index (χ0n) is 10.5. The smallest absolute Gasteiger partial charge is 0.177 e. The van der Waals surface area contributed by atoms with Gasteiger partial charge in [0.25, 0.3) is 0 Å². The lowest BCUT2D eigenvalue weighted by Gasteiger charge is -2.25. The maximum Gasteiger partial charge on any atom is 0.177 e. The average Bonchev–Trinajstić information content (AvgIpc) is 2.15. The third kappa shape index (κ3) is 3.20. The highest BCUT2D eigenvalue weighted by Gasteiger charge is 2.22. The molecule has 0 fully saturated rings. The van der Waals surface area contributed by atoms with Crippen molar-refractivity contribution in [1.29, 1.82) is 0 Å². The minimum absolute atomic E-state index is 0.151. The zero-order valence-corrected chi connectivity index (χ0v) is 11.3. The molecule has 5 heteroatoms. The van der Waals surface area contributed by atoms with E-state index < -0.39 is 9.84 Å². The third-order valence-corrected chi connectivity index (χ3v) is 4.12. The summed E-state index contributed by atoms with van der Waals surface area (Å²) in [6.45, 7) is 4.64. The lowest BCUT2D eigenvalue weighted by molar-refractivity contribution is 0.486. The molecular weight excluding hydrogens is 236 g/mol. The van der Waals surface area contributed by atoms with Crippen LogP contribution in [0.2, 0.25) is 0 Å². The Morgan fingerprint density at radius 1 is 1.29 bits per heavy atom. The van der Waals surface area contributed by atoms with Gasteiger partial charge in [-0.25, -0.2) is 8.42 Å². The first-order valence-electron chi connectivity index (χ1n) is 5.48. The van der Waals surface area contributed by atoms with Gasteiger partial charge in [-0.2, -0.15) is 0 Å². The van der Waals surface area contributed by atoms with Crippen molar-refractivity contribution in [2.75, 3.05) is 18.5 Å². The number of nitrogen functional groups attached to an aromatic ring is 1. The minimum atomic E-state index is -3.29. The van der Waals surface area contributed by atoms with Crippen LogP contribution >= 0.6 is 0 Å². The topological polar surface area (TPSA) is 86.2 Å². The number of hydrogen-bond acceptors (Lipinski definition) is 4. The fraction of sp³-hybridized carbons (Fsp3) is 0.500. The molecule has 0 atom stereocenters. The summed E-state index contributed by atoms with van der Waals surface area (Å²) in [7, 11) is -3.29. The Labute approximate surface area is 103 Å². The summed E-state index contributed by atoms with van der Waals surface area (Å²) in [5, 5.41) is 0. The number of anilines is 1. The number of nitrogens with two attached hydrogens (primary N) is 2. The van der Waals surface area contributed by atoms with Crippen molar-refractivity contribution >= 4 is 15.5 Å². The Bertz CT molecular complexity index is 507. The molecule has 1 aromatic rings. The van der Waals surface area contributed by atoms with Gasteiger partial charge in [-0.1, -0.05) is 19.9 Å². The molecule has 0 aliphatic heterocycles. The molecule has 0 radical (unpaired) electrons. The highest BCUT2D eigenvalue weighted by atomic mass is 32.2. The van der Waals surface area contributed by atoms with Gasteiger partial charge in [0.15, 0.2) is 9.84 Å². The van der Waals surface area contributed by atoms with Gasteiger partial charge in [-0.3, -0.25) is 0 Å². The molecule has 0 saturated carbocycles. The van der Waals surface area contributed by atoms with Crippen molar-refractivity contribution in [3.63, 3.8) is 0 Å². The molecule has 4 nitrogen and oxygen atoms in total. The first kappa shape index (κ1) is 14.0. The summed E-state index contributed by atoms with van der Waals surface area (Å²) in [4.78, 5) is 0.195. The van der Waals surface area contributed by atoms with E-state index in [1.54, 1.807) is 12.1 Å². The summed E-state index contributed by atoms with van der Waals surface area (Å²) in [6, 6.07) is 5.16. The lowest BCUT2D eigenvalue weighted by Crippen LogP contribution is -2.22. The standard InChI is InChI=1S/C12H20N2O2S/c1-12(2,6-7-13)9-4-5-10(14)11(8-9)17(3,15)16/h4-5,8H,6-7,13-14H2,1-3H3. The highest BCUT2D eigenvalue weighted by molar-refractivity contribution is 7.90. The number of rotatable bonds is 4. The van der Waals surface area contributed by atoms with E-state index in [4.69, 9.17) is 11.5 Å². The molecule has 0 spiro atoms. The second kappa shape index (κ2) is 4.66. The Hall–Kier alpha value is -1.07. The fourth-order valence-electron chi connectivity index (χ4n) is 1.78. The van der Waals surface area contributed by atoms with Crippen LogP contribution in [0.3, 0.4) is 0 Å². The number of hydrogen-bond donors (Lipinski definition) is 2. The Balaban J connectivity index is 3.32. The van der Waals surface area contributed by atoms with Crippen molar-refractivity contribution in [3.05, 3.63) is 23.8 Å². The van der Waals surface area contributed by atoms with Crippen molar-refractivity contribution in [1.82, 2.24) is 0 Å². The van der Waals surface area contributed by atoms with E-state index in [-0.39, 0.29) is 10.3 Å². The quantitative estimate of drug-likeness (QED) is 0.795. The summed E-state index contributed by atoms with van der Waals surface area (Å²) in [5.74, 6) is 0. The van der Waals surface area contributed by atoms with E-state index in [1.165, 1.54) is 6.26 Å². The molecule has 0 aliphatic rings. The predicted octanol–water partition coefficient (Wildman–Crippen LogP) is 1.30. The molecule has 1 aromatic carbocycles. The molecule has 0 bridgehead atoms. The SMILES string of the molecule is CC(C)(CCN)c1ccc(N)c(S(C)(=O)=O)c1. The van der Waals surface area contributed by atoms with E-state index in [2.05, 4.69) is 0 Å². The van der Waals surface area contributed by atoms with E-state index >= 15 is 0 Å². The lowest BCUT2D eigenvalue weighted by atomic mass is 9.81. The van der Waals surface area contributed by atoms with Gasteiger partial charge < -0.3 is 11.5 Å². The maximum absolute atomic E-state index is 11.6. The van der Waals surface area contributed by atoms with Gasteiger partial charge in [-0.05, 0) is 36.1 Å². The highest BCUT2D eigenvalue weighted by Crippen LogP contribution is 2.30. The molecule has 0 unspecified atom stereocenters. The van der Waals surface area contributed by atoms with Gasteiger partial charge in [0.1, 0.15) is 0 Å². The summed E-state index contributed by atoms with van der Waals surface area (Å²) in [6.07, 6.45) is 1.96. The molecule has 17 heavy (non-hydrogen) atoms. The van der Waals surface area contributed by atoms with E-state index in [0.29, 0.717) is 12.2 Å². The monoisotopic (exact) mass is 256 g/mol. The van der Waals surface area contributed by atoms with Crippen LogP contribution in [0.4, 0.5) is 5.69 Å². The first-order valence-corrected chi connectivity index (χ1v) is 7.38. The van der Waals surface area contributed by atoms with Crippen LogP contribution in [0.1, 0.15) is 25.8 Å². The van der Waals surface area contributed by atoms with Gasteiger partial charge in [0, 0.05) is 6.26 Å². The maximum atomic E-state index is 11.6. The van der Waals surface area contributed by atoms with Crippen LogP contribution in [0.25, 0.3) is 0 Å². The minimum Gasteiger partial charge on any atom is -0.398 e. The molecule has 1 rings (SSSR count). The second-order valence-electron chi connectivity index (χ2n) is 4.95. The molecule has 0 amide bonds. The predicted molar refractivity (Wildman–Crippen MR) is 70.7 cm³/mol. The summed E-state index contributed by atoms with van der Waals surface area (Å²) >= 11 is 0. The van der Waals surface area contributed by atoms with Crippen LogP contribution in [-0.4, -0.2) is 21.2 Å². The number of benzene rings is 1. The molecule has 0 aromatic heterocycles. The van der Waals surface area contributed by atoms with Crippen LogP contribution in [0, 0.1) is 0 Å². The van der Waals surface area contributed by atoms with Crippen molar-refractivity contribution < 1.29 is 8.42 Å². The van der Waals surface area contributed by atoms with Crippen molar-refractivity contribution in [2.24, 2.45) is 5.73 Å². The van der Waals surface area contributed by atoms with Gasteiger partial charge >= 0.3 is 0 Å². The Morgan fingerprint density at radius 2 is 1.88 bits per heavy atom. The normalized spacial score (nSPS) is 12.7. The summed E-state index contributed by atoms with van der Waals surface area (Å²) < 4.78 is 23.2. The largest absolute Gasteiger partial charge is 0.398 e. The molecule has 4 N–H and O–H groups in total. The van der Waals surface area contributed by atoms with E-state index in [0.717, 1.165) is 12.0 Å². The molecule has 0 aliphatic carbocycles. The van der Waals surface area contributed by atoms with Crippen LogP contribution in [0.15, 0.2) is 23.1 Å². The molecular formula is C12H20N2O2S. The van der Waals surface area contributed by atoms with Crippen LogP contribution in [-0.2, 0) is 15.3 Å². The van der Waals surface area contributed by atoms with Crippen LogP contribution in [0.5, 0.6) is 0 Å². The average molecular weight is 256 g/mol. The number of sulfone groups is 1. The van der Waals surface area contributed by atoms with Crippen LogP contribution < -0.4 is 11.5 Å². The Kier molecular flexibility index (Phi) is 3.84.